The van der Waals surface area contributed by atoms with Crippen LogP contribution >= 0.6 is 0 Å². The van der Waals surface area contributed by atoms with Crippen molar-refractivity contribution in [2.45, 2.75) is 101 Å². The number of carboxylic acid groups (broad SMARTS) is 1. The highest BCUT2D eigenvalue weighted by molar-refractivity contribution is 5.67. The largest absolute Gasteiger partial charge is 0.481 e. The lowest BCUT2D eigenvalue weighted by atomic mass is 10.1. The molecule has 0 aromatic carbocycles. The Morgan fingerprint density at radius 1 is 0.647 bits per heavy atom. The van der Waals surface area contributed by atoms with Crippen molar-refractivity contribution in [3.8, 4) is 0 Å². The molecular weight excluding hydrogens is 494 g/mol. The van der Waals surface area contributed by atoms with Crippen LogP contribution in [0.15, 0.2) is 0 Å². The summed E-state index contributed by atoms with van der Waals surface area (Å²) >= 11 is 0. The standard InChI is InChI=1S/C20H30F10O4/c21-17(22,19(25,26)27)9-5-1-3-7-11-33-14-15(13-16(31)32)34-12-8-4-2-6-10-18(23,24)20(28,29)30/h15H,1-14H2,(H,31,32). The number of alkyl halides is 10. The van der Waals surface area contributed by atoms with Crippen LogP contribution in [0.25, 0.3) is 0 Å². The first-order valence-corrected chi connectivity index (χ1v) is 10.8. The van der Waals surface area contributed by atoms with E-state index in [0.29, 0.717) is 25.7 Å². The first-order chi connectivity index (χ1) is 15.5. The fourth-order valence-corrected chi connectivity index (χ4v) is 2.82. The summed E-state index contributed by atoms with van der Waals surface area (Å²) in [4.78, 5) is 10.9. The van der Waals surface area contributed by atoms with Gasteiger partial charge < -0.3 is 14.6 Å². The molecule has 14 heteroatoms. The number of carbonyl (C=O) groups is 1. The SMILES string of the molecule is O=C(O)CC(COCCCCCCC(F)(F)C(F)(F)F)OCCCCCCC(F)(F)C(F)(F)F. The van der Waals surface area contributed by atoms with E-state index in [1.165, 1.54) is 0 Å². The Labute approximate surface area is 191 Å². The van der Waals surface area contributed by atoms with Gasteiger partial charge in [0, 0.05) is 26.1 Å². The molecule has 0 radical (unpaired) electrons. The number of aliphatic carboxylic acids is 1. The van der Waals surface area contributed by atoms with E-state index in [9.17, 15) is 48.7 Å². The highest BCUT2D eigenvalue weighted by Crippen LogP contribution is 2.40. The molecular formula is C20H30F10O4. The third kappa shape index (κ3) is 14.2. The van der Waals surface area contributed by atoms with Gasteiger partial charge in [-0.05, 0) is 25.7 Å². The average molecular weight is 524 g/mol. The van der Waals surface area contributed by atoms with E-state index >= 15 is 0 Å². The van der Waals surface area contributed by atoms with Crippen LogP contribution in [0.2, 0.25) is 0 Å². The maximum Gasteiger partial charge on any atom is 0.453 e. The topological polar surface area (TPSA) is 55.8 Å². The lowest BCUT2D eigenvalue weighted by molar-refractivity contribution is -0.284. The maximum atomic E-state index is 12.8. The zero-order valence-corrected chi connectivity index (χ0v) is 18.4. The van der Waals surface area contributed by atoms with Gasteiger partial charge in [0.25, 0.3) is 0 Å². The molecule has 0 aromatic heterocycles. The Morgan fingerprint density at radius 2 is 1.06 bits per heavy atom. The third-order valence-electron chi connectivity index (χ3n) is 4.80. The van der Waals surface area contributed by atoms with Crippen LogP contribution in [-0.4, -0.2) is 61.2 Å². The number of hydrogen-bond donors (Lipinski definition) is 1. The summed E-state index contributed by atoms with van der Waals surface area (Å²) in [5.74, 6) is -10.6. The molecule has 0 saturated heterocycles. The Balaban J connectivity index is 3.95. The van der Waals surface area contributed by atoms with E-state index < -0.39 is 55.5 Å². The van der Waals surface area contributed by atoms with Gasteiger partial charge in [-0.15, -0.1) is 0 Å². The van der Waals surface area contributed by atoms with E-state index in [1.807, 2.05) is 0 Å². The van der Waals surface area contributed by atoms with Gasteiger partial charge >= 0.3 is 30.2 Å². The second-order valence-electron chi connectivity index (χ2n) is 7.90. The van der Waals surface area contributed by atoms with Crippen LogP contribution in [-0.2, 0) is 14.3 Å². The number of hydrogen-bond acceptors (Lipinski definition) is 3. The van der Waals surface area contributed by atoms with E-state index in [4.69, 9.17) is 14.6 Å². The number of unbranched alkanes of at least 4 members (excludes halogenated alkanes) is 6. The monoisotopic (exact) mass is 524 g/mol. The summed E-state index contributed by atoms with van der Waals surface area (Å²) in [6, 6.07) is 0. The van der Waals surface area contributed by atoms with Crippen molar-refractivity contribution in [2.24, 2.45) is 0 Å². The summed E-state index contributed by atoms with van der Waals surface area (Å²) in [7, 11) is 0. The van der Waals surface area contributed by atoms with E-state index in [1.54, 1.807) is 0 Å². The molecule has 204 valence electrons. The Kier molecular flexibility index (Phi) is 14.4. The third-order valence-corrected chi connectivity index (χ3v) is 4.80. The van der Waals surface area contributed by atoms with E-state index in [0.717, 1.165) is 0 Å². The predicted octanol–water partition coefficient (Wildman–Crippen LogP) is 7.16. The number of halogens is 10. The number of rotatable bonds is 19. The van der Waals surface area contributed by atoms with Crippen LogP contribution in [0.5, 0.6) is 0 Å². The summed E-state index contributed by atoms with van der Waals surface area (Å²) in [5.41, 5.74) is 0. The van der Waals surface area contributed by atoms with Gasteiger partial charge in [0.1, 0.15) is 0 Å². The van der Waals surface area contributed by atoms with Gasteiger partial charge in [0.05, 0.1) is 19.1 Å². The molecule has 4 nitrogen and oxygen atoms in total. The lowest BCUT2D eigenvalue weighted by Crippen LogP contribution is -2.36. The minimum Gasteiger partial charge on any atom is -0.481 e. The Hall–Kier alpha value is -1.31. The number of carboxylic acids is 1. The van der Waals surface area contributed by atoms with Crippen LogP contribution in [0, 0.1) is 0 Å². The highest BCUT2D eigenvalue weighted by atomic mass is 19.4. The first-order valence-electron chi connectivity index (χ1n) is 10.8. The summed E-state index contributed by atoms with van der Waals surface area (Å²) < 4.78 is 134. The minimum atomic E-state index is -5.58. The molecule has 0 aliphatic carbocycles. The zero-order valence-electron chi connectivity index (χ0n) is 18.4. The average Bonchev–Trinajstić information content (AvgIpc) is 2.66. The summed E-state index contributed by atoms with van der Waals surface area (Å²) in [6.07, 6.45) is -14.1. The fraction of sp³-hybridized carbons (Fsp3) is 0.950. The molecule has 0 aliphatic rings. The minimum absolute atomic E-state index is 0.0460. The molecule has 0 spiro atoms. The van der Waals surface area contributed by atoms with E-state index in [2.05, 4.69) is 0 Å². The normalized spacial score (nSPS) is 14.4. The molecule has 34 heavy (non-hydrogen) atoms. The Bertz CT molecular complexity index is 565. The second kappa shape index (κ2) is 14.9. The number of ether oxygens (including phenoxy) is 2. The zero-order chi connectivity index (χ0) is 26.5. The quantitative estimate of drug-likeness (QED) is 0.144. The molecule has 0 aromatic rings. The van der Waals surface area contributed by atoms with Gasteiger partial charge in [-0.25, -0.2) is 0 Å². The smallest absolute Gasteiger partial charge is 0.453 e. The first kappa shape index (κ1) is 32.7. The summed E-state index contributed by atoms with van der Waals surface area (Å²) in [5, 5.41) is 8.88. The molecule has 0 heterocycles. The van der Waals surface area contributed by atoms with Crippen molar-refractivity contribution in [3.05, 3.63) is 0 Å². The van der Waals surface area contributed by atoms with Gasteiger partial charge in [-0.3, -0.25) is 4.79 Å². The molecule has 1 N–H and O–H groups in total. The Morgan fingerprint density at radius 3 is 1.47 bits per heavy atom. The highest BCUT2D eigenvalue weighted by Gasteiger charge is 2.57. The fourth-order valence-electron chi connectivity index (χ4n) is 2.82. The molecule has 1 unspecified atom stereocenters. The molecule has 0 saturated carbocycles. The van der Waals surface area contributed by atoms with Crippen LogP contribution in [0.1, 0.15) is 70.6 Å². The van der Waals surface area contributed by atoms with Gasteiger partial charge in [0.2, 0.25) is 0 Å². The second-order valence-corrected chi connectivity index (χ2v) is 7.90. The molecule has 0 bridgehead atoms. The van der Waals surface area contributed by atoms with E-state index in [-0.39, 0.29) is 45.5 Å². The van der Waals surface area contributed by atoms with Gasteiger partial charge in [-0.2, -0.15) is 43.9 Å². The molecule has 0 rings (SSSR count). The van der Waals surface area contributed by atoms with Crippen LogP contribution in [0.4, 0.5) is 43.9 Å². The van der Waals surface area contributed by atoms with Crippen LogP contribution in [0.3, 0.4) is 0 Å². The van der Waals surface area contributed by atoms with Crippen molar-refractivity contribution in [3.63, 3.8) is 0 Å². The maximum absolute atomic E-state index is 12.8. The van der Waals surface area contributed by atoms with Crippen molar-refractivity contribution < 1.29 is 63.3 Å². The molecule has 0 amide bonds. The molecule has 1 atom stereocenters. The van der Waals surface area contributed by atoms with Gasteiger partial charge in [0.15, 0.2) is 0 Å². The lowest BCUT2D eigenvalue weighted by Gasteiger charge is -2.19. The predicted molar refractivity (Wildman–Crippen MR) is 101 cm³/mol. The van der Waals surface area contributed by atoms with Crippen molar-refractivity contribution in [2.75, 3.05) is 19.8 Å². The summed E-state index contributed by atoms with van der Waals surface area (Å²) in [6.45, 7) is 0.0448. The van der Waals surface area contributed by atoms with Crippen molar-refractivity contribution in [1.29, 1.82) is 0 Å². The molecule has 0 fully saturated rings. The van der Waals surface area contributed by atoms with Gasteiger partial charge in [-0.1, -0.05) is 25.7 Å². The van der Waals surface area contributed by atoms with Crippen molar-refractivity contribution in [1.82, 2.24) is 0 Å². The van der Waals surface area contributed by atoms with Crippen LogP contribution < -0.4 is 0 Å². The molecule has 0 aliphatic heterocycles. The van der Waals surface area contributed by atoms with Crippen molar-refractivity contribution >= 4 is 5.97 Å².